The maximum Gasteiger partial charge on any atom is 0.113 e. The Morgan fingerprint density at radius 3 is 2.16 bits per heavy atom. The third-order valence-corrected chi connectivity index (χ3v) is 3.23. The summed E-state index contributed by atoms with van der Waals surface area (Å²) < 4.78 is 0. The molecule has 2 aromatic carbocycles. The van der Waals surface area contributed by atoms with E-state index in [1.807, 2.05) is 24.3 Å². The van der Waals surface area contributed by atoms with Gasteiger partial charge in [-0.25, -0.2) is 0 Å². The highest BCUT2D eigenvalue weighted by Crippen LogP contribution is 2.28. The van der Waals surface area contributed by atoms with E-state index in [1.165, 1.54) is 18.4 Å². The molecule has 0 saturated heterocycles. The number of nitrogens with one attached hydrogen (secondary N) is 1. The first-order valence-corrected chi connectivity index (χ1v) is 6.79. The van der Waals surface area contributed by atoms with Crippen LogP contribution in [0.25, 0.3) is 0 Å². The van der Waals surface area contributed by atoms with Gasteiger partial charge in [0.05, 0.1) is 0 Å². The Morgan fingerprint density at radius 1 is 0.895 bits per heavy atom. The van der Waals surface area contributed by atoms with Crippen LogP contribution < -0.4 is 5.32 Å². The van der Waals surface area contributed by atoms with Gasteiger partial charge >= 0.3 is 0 Å². The monoisotopic (exact) mass is 247 g/mol. The lowest BCUT2D eigenvalue weighted by Gasteiger charge is -2.14. The summed E-state index contributed by atoms with van der Waals surface area (Å²) in [5.74, 6) is 7.38. The summed E-state index contributed by atoms with van der Waals surface area (Å²) in [4.78, 5) is 0. The van der Waals surface area contributed by atoms with Gasteiger partial charge in [0.2, 0.25) is 0 Å². The Bertz CT molecular complexity index is 573. The summed E-state index contributed by atoms with van der Waals surface area (Å²) >= 11 is 0. The van der Waals surface area contributed by atoms with Crippen molar-refractivity contribution in [1.82, 2.24) is 0 Å². The second-order valence-electron chi connectivity index (χ2n) is 4.92. The van der Waals surface area contributed by atoms with Crippen LogP contribution >= 0.6 is 0 Å². The Labute approximate surface area is 114 Å². The lowest BCUT2D eigenvalue weighted by Crippen LogP contribution is -2.08. The molecule has 0 spiro atoms. The molecule has 1 saturated carbocycles. The van der Waals surface area contributed by atoms with E-state index < -0.39 is 0 Å². The zero-order valence-corrected chi connectivity index (χ0v) is 10.8. The third-order valence-electron chi connectivity index (χ3n) is 3.23. The highest BCUT2D eigenvalue weighted by molar-refractivity contribution is 5.48. The molecule has 2 aromatic rings. The quantitative estimate of drug-likeness (QED) is 0.799. The first kappa shape index (κ1) is 11.9. The molecule has 0 aliphatic heterocycles. The first-order chi connectivity index (χ1) is 9.42. The van der Waals surface area contributed by atoms with Crippen LogP contribution in [0.4, 0.5) is 5.69 Å². The van der Waals surface area contributed by atoms with E-state index in [1.54, 1.807) is 0 Å². The minimum Gasteiger partial charge on any atom is -0.368 e. The Kier molecular flexibility index (Phi) is 3.51. The largest absolute Gasteiger partial charge is 0.368 e. The van der Waals surface area contributed by atoms with Gasteiger partial charge in [-0.05, 0) is 30.5 Å². The number of benzene rings is 2. The number of hydrogen-bond donors (Lipinski definition) is 1. The van der Waals surface area contributed by atoms with Crippen LogP contribution in [-0.2, 0) is 0 Å². The molecule has 1 unspecified atom stereocenters. The minimum absolute atomic E-state index is 0.0733. The smallest absolute Gasteiger partial charge is 0.113 e. The van der Waals surface area contributed by atoms with E-state index in [9.17, 15) is 0 Å². The van der Waals surface area contributed by atoms with Crippen molar-refractivity contribution in [2.75, 3.05) is 5.32 Å². The maximum absolute atomic E-state index is 3.50. The molecular weight excluding hydrogens is 230 g/mol. The van der Waals surface area contributed by atoms with Crippen LogP contribution in [-0.4, -0.2) is 0 Å². The van der Waals surface area contributed by atoms with E-state index in [2.05, 4.69) is 53.6 Å². The predicted octanol–water partition coefficient (Wildman–Crippen LogP) is 4.25. The van der Waals surface area contributed by atoms with E-state index in [0.29, 0.717) is 5.92 Å². The first-order valence-electron chi connectivity index (χ1n) is 6.79. The van der Waals surface area contributed by atoms with Crippen molar-refractivity contribution in [2.24, 2.45) is 5.92 Å². The number of rotatable bonds is 3. The molecule has 0 heterocycles. The van der Waals surface area contributed by atoms with Gasteiger partial charge in [-0.15, -0.1) is 0 Å². The molecule has 0 bridgehead atoms. The predicted molar refractivity (Wildman–Crippen MR) is 79.7 cm³/mol. The van der Waals surface area contributed by atoms with Gasteiger partial charge in [0.1, 0.15) is 6.04 Å². The van der Waals surface area contributed by atoms with Crippen LogP contribution in [0.2, 0.25) is 0 Å². The van der Waals surface area contributed by atoms with E-state index >= 15 is 0 Å². The number of para-hydroxylation sites is 1. The van der Waals surface area contributed by atoms with E-state index in [-0.39, 0.29) is 6.04 Å². The molecule has 1 fully saturated rings. The fraction of sp³-hybridized carbons (Fsp3) is 0.222. The summed E-state index contributed by atoms with van der Waals surface area (Å²) in [6.45, 7) is 0. The Hall–Kier alpha value is -2.20. The average Bonchev–Trinajstić information content (AvgIpc) is 3.30. The van der Waals surface area contributed by atoms with Crippen molar-refractivity contribution < 1.29 is 0 Å². The lowest BCUT2D eigenvalue weighted by molar-refractivity contribution is 1.01. The fourth-order valence-electron chi connectivity index (χ4n) is 1.98. The molecule has 0 amide bonds. The standard InChI is InChI=1S/C18H17N/c1-3-7-16(8-4-1)18(14-13-15-11-12-15)19-17-9-5-2-6-10-17/h1-10,15,18-19H,11-12H2. The second-order valence-corrected chi connectivity index (χ2v) is 4.92. The molecule has 1 N–H and O–H groups in total. The SMILES string of the molecule is C(#CC(Nc1ccccc1)c1ccccc1)C1CC1. The Balaban J connectivity index is 1.82. The number of anilines is 1. The summed E-state index contributed by atoms with van der Waals surface area (Å²) in [7, 11) is 0. The topological polar surface area (TPSA) is 12.0 Å². The molecule has 3 rings (SSSR count). The van der Waals surface area contributed by atoms with E-state index in [0.717, 1.165) is 5.69 Å². The number of hydrogen-bond acceptors (Lipinski definition) is 1. The average molecular weight is 247 g/mol. The van der Waals surface area contributed by atoms with Crippen LogP contribution in [0.15, 0.2) is 60.7 Å². The summed E-state index contributed by atoms with van der Waals surface area (Å²) in [6.07, 6.45) is 2.53. The van der Waals surface area contributed by atoms with Gasteiger partial charge in [-0.1, -0.05) is 60.4 Å². The second kappa shape index (κ2) is 5.63. The van der Waals surface area contributed by atoms with Gasteiger partial charge in [0.25, 0.3) is 0 Å². The molecule has 19 heavy (non-hydrogen) atoms. The normalized spacial score (nSPS) is 15.2. The molecule has 0 radical (unpaired) electrons. The highest BCUT2D eigenvalue weighted by atomic mass is 14.9. The molecule has 1 atom stereocenters. The van der Waals surface area contributed by atoms with Crippen molar-refractivity contribution in [3.63, 3.8) is 0 Å². The van der Waals surface area contributed by atoms with Crippen LogP contribution in [0, 0.1) is 17.8 Å². The molecule has 1 aliphatic carbocycles. The molecule has 1 heteroatoms. The van der Waals surface area contributed by atoms with Gasteiger partial charge in [0.15, 0.2) is 0 Å². The van der Waals surface area contributed by atoms with Crippen molar-refractivity contribution in [2.45, 2.75) is 18.9 Å². The summed E-state index contributed by atoms with van der Waals surface area (Å²) in [6, 6.07) is 20.8. The van der Waals surface area contributed by atoms with Gasteiger partial charge < -0.3 is 5.32 Å². The van der Waals surface area contributed by atoms with Crippen LogP contribution in [0.3, 0.4) is 0 Å². The molecule has 1 aliphatic rings. The van der Waals surface area contributed by atoms with Crippen molar-refractivity contribution in [3.05, 3.63) is 66.2 Å². The third kappa shape index (κ3) is 3.39. The van der Waals surface area contributed by atoms with Crippen molar-refractivity contribution >= 4 is 5.69 Å². The lowest BCUT2D eigenvalue weighted by atomic mass is 10.1. The summed E-state index contributed by atoms with van der Waals surface area (Å²) in [5, 5.41) is 3.50. The Morgan fingerprint density at radius 2 is 1.53 bits per heavy atom. The zero-order valence-electron chi connectivity index (χ0n) is 10.8. The zero-order chi connectivity index (χ0) is 12.9. The van der Waals surface area contributed by atoms with Crippen molar-refractivity contribution in [1.29, 1.82) is 0 Å². The van der Waals surface area contributed by atoms with Gasteiger partial charge in [0, 0.05) is 11.6 Å². The van der Waals surface area contributed by atoms with E-state index in [4.69, 9.17) is 0 Å². The minimum atomic E-state index is 0.0733. The van der Waals surface area contributed by atoms with Crippen LogP contribution in [0.1, 0.15) is 24.4 Å². The fourth-order valence-corrected chi connectivity index (χ4v) is 1.98. The maximum atomic E-state index is 3.50. The van der Waals surface area contributed by atoms with Gasteiger partial charge in [-0.2, -0.15) is 0 Å². The summed E-state index contributed by atoms with van der Waals surface area (Å²) in [5.41, 5.74) is 2.33. The molecular formula is C18H17N. The highest BCUT2D eigenvalue weighted by Gasteiger charge is 2.18. The van der Waals surface area contributed by atoms with Gasteiger partial charge in [-0.3, -0.25) is 0 Å². The van der Waals surface area contributed by atoms with Crippen molar-refractivity contribution in [3.8, 4) is 11.8 Å². The van der Waals surface area contributed by atoms with Crippen LogP contribution in [0.5, 0.6) is 0 Å². The molecule has 0 aromatic heterocycles. The molecule has 1 nitrogen and oxygen atoms in total. The molecule has 94 valence electrons.